The van der Waals surface area contributed by atoms with Gasteiger partial charge in [0, 0.05) is 12.1 Å². The van der Waals surface area contributed by atoms with Crippen molar-refractivity contribution in [3.8, 4) is 5.19 Å². The zero-order chi connectivity index (χ0) is 11.5. The molecule has 0 spiro atoms. The number of anilines is 1. The maximum Gasteiger partial charge on any atom is 0.295 e. The van der Waals surface area contributed by atoms with Gasteiger partial charge in [-0.2, -0.15) is 0 Å². The standard InChI is InChI=1S/C9H12N4O2S/c1-5-7(6(2)15-13-5)4-10-8-11-12-9(14-3)16-8/h4H2,1-3H3,(H,10,11). The highest BCUT2D eigenvalue weighted by Gasteiger charge is 2.10. The number of nitrogens with one attached hydrogen (secondary N) is 1. The number of ether oxygens (including phenoxy) is 1. The van der Waals surface area contributed by atoms with Crippen molar-refractivity contribution in [2.24, 2.45) is 0 Å². The summed E-state index contributed by atoms with van der Waals surface area (Å²) >= 11 is 1.36. The van der Waals surface area contributed by atoms with Crippen LogP contribution in [-0.4, -0.2) is 22.5 Å². The monoisotopic (exact) mass is 240 g/mol. The molecule has 86 valence electrons. The molecule has 2 rings (SSSR count). The minimum Gasteiger partial charge on any atom is -0.472 e. The second-order valence-corrected chi connectivity index (χ2v) is 4.17. The maximum absolute atomic E-state index is 5.06. The number of aryl methyl sites for hydroxylation is 2. The van der Waals surface area contributed by atoms with Gasteiger partial charge in [-0.15, -0.1) is 5.10 Å². The van der Waals surface area contributed by atoms with Crippen LogP contribution in [0.15, 0.2) is 4.52 Å². The topological polar surface area (TPSA) is 73.1 Å². The average molecular weight is 240 g/mol. The fraction of sp³-hybridized carbons (Fsp3) is 0.444. The van der Waals surface area contributed by atoms with E-state index in [2.05, 4.69) is 20.7 Å². The minimum absolute atomic E-state index is 0.543. The van der Waals surface area contributed by atoms with Gasteiger partial charge >= 0.3 is 0 Å². The molecule has 0 unspecified atom stereocenters. The molecular formula is C9H12N4O2S. The molecule has 0 aliphatic heterocycles. The van der Waals surface area contributed by atoms with Crippen LogP contribution in [0, 0.1) is 13.8 Å². The molecule has 0 atom stereocenters. The molecule has 7 heteroatoms. The number of hydrogen-bond acceptors (Lipinski definition) is 7. The quantitative estimate of drug-likeness (QED) is 0.877. The maximum atomic E-state index is 5.06. The van der Waals surface area contributed by atoms with E-state index in [1.54, 1.807) is 7.11 Å². The molecule has 0 amide bonds. The van der Waals surface area contributed by atoms with E-state index in [0.717, 1.165) is 22.1 Å². The lowest BCUT2D eigenvalue weighted by Gasteiger charge is -2.00. The first-order valence-corrected chi connectivity index (χ1v) is 5.55. The van der Waals surface area contributed by atoms with Crippen molar-refractivity contribution in [1.29, 1.82) is 0 Å². The summed E-state index contributed by atoms with van der Waals surface area (Å²) in [5, 5.41) is 16.0. The highest BCUT2D eigenvalue weighted by atomic mass is 32.1. The first-order chi connectivity index (χ1) is 7.70. The van der Waals surface area contributed by atoms with Gasteiger partial charge in [-0.1, -0.05) is 10.3 Å². The Kier molecular flexibility index (Phi) is 3.04. The zero-order valence-corrected chi connectivity index (χ0v) is 10.1. The van der Waals surface area contributed by atoms with Crippen LogP contribution in [0.5, 0.6) is 5.19 Å². The Labute approximate surface area is 96.6 Å². The molecule has 2 aromatic heterocycles. The number of nitrogens with zero attached hydrogens (tertiary/aromatic N) is 3. The van der Waals surface area contributed by atoms with E-state index < -0.39 is 0 Å². The summed E-state index contributed by atoms with van der Waals surface area (Å²) in [5.74, 6) is 0.821. The molecule has 0 radical (unpaired) electrons. The van der Waals surface area contributed by atoms with Gasteiger partial charge in [-0.3, -0.25) is 0 Å². The van der Waals surface area contributed by atoms with Crippen molar-refractivity contribution in [3.05, 3.63) is 17.0 Å². The Balaban J connectivity index is 2.02. The molecule has 1 N–H and O–H groups in total. The van der Waals surface area contributed by atoms with E-state index in [1.165, 1.54) is 11.3 Å². The molecule has 0 aliphatic rings. The Morgan fingerprint density at radius 1 is 1.38 bits per heavy atom. The van der Waals surface area contributed by atoms with Crippen LogP contribution < -0.4 is 10.1 Å². The molecule has 0 bridgehead atoms. The van der Waals surface area contributed by atoms with E-state index in [0.29, 0.717) is 11.7 Å². The van der Waals surface area contributed by atoms with Gasteiger partial charge in [0.1, 0.15) is 5.76 Å². The summed E-state index contributed by atoms with van der Waals surface area (Å²) in [6, 6.07) is 0. The molecule has 0 saturated carbocycles. The Morgan fingerprint density at radius 2 is 2.19 bits per heavy atom. The van der Waals surface area contributed by atoms with Crippen LogP contribution >= 0.6 is 11.3 Å². The summed E-state index contributed by atoms with van der Waals surface area (Å²) in [6.45, 7) is 4.42. The fourth-order valence-electron chi connectivity index (χ4n) is 1.28. The largest absolute Gasteiger partial charge is 0.472 e. The second kappa shape index (κ2) is 4.48. The number of rotatable bonds is 4. The molecule has 2 heterocycles. The lowest BCUT2D eigenvalue weighted by atomic mass is 10.2. The Morgan fingerprint density at radius 3 is 2.75 bits per heavy atom. The summed E-state index contributed by atoms with van der Waals surface area (Å²) in [6.07, 6.45) is 0. The lowest BCUT2D eigenvalue weighted by molar-refractivity contribution is 0.392. The SMILES string of the molecule is COc1nnc(NCc2c(C)noc2C)s1. The molecule has 0 aliphatic carbocycles. The predicted octanol–water partition coefficient (Wildman–Crippen LogP) is 1.76. The minimum atomic E-state index is 0.543. The highest BCUT2D eigenvalue weighted by molar-refractivity contribution is 7.16. The normalized spacial score (nSPS) is 10.4. The number of methoxy groups -OCH3 is 1. The van der Waals surface area contributed by atoms with Gasteiger partial charge in [0.05, 0.1) is 12.8 Å². The summed E-state index contributed by atoms with van der Waals surface area (Å²) in [4.78, 5) is 0. The zero-order valence-electron chi connectivity index (χ0n) is 9.27. The molecule has 0 fully saturated rings. The van der Waals surface area contributed by atoms with Crippen LogP contribution in [0.25, 0.3) is 0 Å². The molecular weight excluding hydrogens is 228 g/mol. The van der Waals surface area contributed by atoms with Gasteiger partial charge in [-0.05, 0) is 25.2 Å². The third kappa shape index (κ3) is 2.13. The first kappa shape index (κ1) is 10.9. The smallest absolute Gasteiger partial charge is 0.295 e. The van der Waals surface area contributed by atoms with Crippen molar-refractivity contribution >= 4 is 16.5 Å². The number of hydrogen-bond donors (Lipinski definition) is 1. The van der Waals surface area contributed by atoms with Crippen LogP contribution in [-0.2, 0) is 6.54 Å². The van der Waals surface area contributed by atoms with Gasteiger partial charge in [0.2, 0.25) is 5.13 Å². The van der Waals surface area contributed by atoms with E-state index >= 15 is 0 Å². The first-order valence-electron chi connectivity index (χ1n) is 4.74. The lowest BCUT2D eigenvalue weighted by Crippen LogP contribution is -2.00. The third-order valence-corrected chi connectivity index (χ3v) is 3.02. The number of aromatic nitrogens is 3. The van der Waals surface area contributed by atoms with Crippen LogP contribution in [0.1, 0.15) is 17.0 Å². The molecule has 6 nitrogen and oxygen atoms in total. The molecule has 0 saturated heterocycles. The van der Waals surface area contributed by atoms with E-state index in [-0.39, 0.29) is 0 Å². The summed E-state index contributed by atoms with van der Waals surface area (Å²) in [5.41, 5.74) is 1.94. The predicted molar refractivity (Wildman–Crippen MR) is 59.8 cm³/mol. The average Bonchev–Trinajstić information content (AvgIpc) is 2.85. The second-order valence-electron chi connectivity index (χ2n) is 3.23. The fourth-order valence-corrected chi connectivity index (χ4v) is 1.84. The molecule has 16 heavy (non-hydrogen) atoms. The van der Waals surface area contributed by atoms with Gasteiger partial charge in [0.15, 0.2) is 0 Å². The van der Waals surface area contributed by atoms with E-state index in [9.17, 15) is 0 Å². The van der Waals surface area contributed by atoms with Gasteiger partial charge in [0.25, 0.3) is 5.19 Å². The van der Waals surface area contributed by atoms with Crippen molar-refractivity contribution in [3.63, 3.8) is 0 Å². The summed E-state index contributed by atoms with van der Waals surface area (Å²) < 4.78 is 10.0. The van der Waals surface area contributed by atoms with Gasteiger partial charge < -0.3 is 14.6 Å². The Bertz CT molecular complexity index is 460. The highest BCUT2D eigenvalue weighted by Crippen LogP contribution is 2.22. The van der Waals surface area contributed by atoms with E-state index in [4.69, 9.17) is 9.26 Å². The van der Waals surface area contributed by atoms with Crippen molar-refractivity contribution < 1.29 is 9.26 Å². The van der Waals surface area contributed by atoms with E-state index in [1.807, 2.05) is 13.8 Å². The van der Waals surface area contributed by atoms with Crippen molar-refractivity contribution in [2.45, 2.75) is 20.4 Å². The van der Waals surface area contributed by atoms with Crippen LogP contribution in [0.2, 0.25) is 0 Å². The Hall–Kier alpha value is -1.63. The van der Waals surface area contributed by atoms with Crippen LogP contribution in [0.3, 0.4) is 0 Å². The molecule has 0 aromatic carbocycles. The van der Waals surface area contributed by atoms with Crippen molar-refractivity contribution in [1.82, 2.24) is 15.4 Å². The molecule has 2 aromatic rings. The van der Waals surface area contributed by atoms with Crippen LogP contribution in [0.4, 0.5) is 5.13 Å². The van der Waals surface area contributed by atoms with Crippen molar-refractivity contribution in [2.75, 3.05) is 12.4 Å². The van der Waals surface area contributed by atoms with Gasteiger partial charge in [-0.25, -0.2) is 0 Å². The third-order valence-electron chi connectivity index (χ3n) is 2.18. The summed E-state index contributed by atoms with van der Waals surface area (Å²) in [7, 11) is 1.57.